The van der Waals surface area contributed by atoms with Crippen molar-refractivity contribution in [3.8, 4) is 5.75 Å². The van der Waals surface area contributed by atoms with Crippen LogP contribution in [0.25, 0.3) is 10.9 Å². The number of benzene rings is 2. The van der Waals surface area contributed by atoms with Crippen LogP contribution < -0.4 is 15.5 Å². The van der Waals surface area contributed by atoms with E-state index in [2.05, 4.69) is 15.7 Å². The largest absolute Gasteiger partial charge is 0.497 e. The summed E-state index contributed by atoms with van der Waals surface area (Å²) in [5.41, 5.74) is 4.44. The highest BCUT2D eigenvalue weighted by Gasteiger charge is 2.23. The molecule has 0 aliphatic carbocycles. The topological polar surface area (TPSA) is 113 Å². The maximum Gasteiger partial charge on any atom is 0.429 e. The first kappa shape index (κ1) is 25.6. The molecule has 0 saturated heterocycles. The summed E-state index contributed by atoms with van der Waals surface area (Å²) in [6, 6.07) is 14.1. The molecule has 3 amide bonds. The molecule has 0 spiro atoms. The number of aromatic nitrogens is 1. The summed E-state index contributed by atoms with van der Waals surface area (Å²) in [6.07, 6.45) is 0.0460. The normalized spacial score (nSPS) is 11.1. The highest BCUT2D eigenvalue weighted by molar-refractivity contribution is 5.98. The van der Waals surface area contributed by atoms with Gasteiger partial charge in [-0.15, -0.1) is 0 Å². The van der Waals surface area contributed by atoms with Crippen molar-refractivity contribution in [2.24, 2.45) is 0 Å². The van der Waals surface area contributed by atoms with E-state index in [1.165, 1.54) is 5.01 Å². The Hall–Kier alpha value is -4.01. The molecule has 9 nitrogen and oxygen atoms in total. The second kappa shape index (κ2) is 10.9. The number of nitrogens with one attached hydrogen (secondary N) is 3. The number of amides is 3. The second-order valence-corrected chi connectivity index (χ2v) is 9.09. The van der Waals surface area contributed by atoms with E-state index in [1.54, 1.807) is 58.2 Å². The van der Waals surface area contributed by atoms with Gasteiger partial charge in [-0.2, -0.15) is 0 Å². The van der Waals surface area contributed by atoms with Gasteiger partial charge in [0.25, 0.3) is 11.8 Å². The number of aromatic amines is 1. The molecular formula is C26H32N4O5. The van der Waals surface area contributed by atoms with Crippen LogP contribution in [-0.4, -0.2) is 47.2 Å². The van der Waals surface area contributed by atoms with Crippen molar-refractivity contribution in [1.82, 2.24) is 20.7 Å². The quantitative estimate of drug-likeness (QED) is 0.434. The van der Waals surface area contributed by atoms with Crippen LogP contribution in [0.4, 0.5) is 4.79 Å². The average molecular weight is 481 g/mol. The van der Waals surface area contributed by atoms with Crippen molar-refractivity contribution in [2.45, 2.75) is 46.3 Å². The molecule has 2 aromatic carbocycles. The number of H-pyrrole nitrogens is 1. The van der Waals surface area contributed by atoms with Crippen LogP contribution in [0.1, 0.15) is 60.5 Å². The van der Waals surface area contributed by atoms with E-state index in [1.807, 2.05) is 25.1 Å². The van der Waals surface area contributed by atoms with Crippen LogP contribution >= 0.6 is 0 Å². The summed E-state index contributed by atoms with van der Waals surface area (Å²) in [6.45, 7) is 7.82. The fourth-order valence-corrected chi connectivity index (χ4v) is 3.33. The Bertz CT molecular complexity index is 1190. The van der Waals surface area contributed by atoms with E-state index in [-0.39, 0.29) is 5.91 Å². The molecule has 1 heterocycles. The Morgan fingerprint density at radius 3 is 2.34 bits per heavy atom. The number of methoxy groups -OCH3 is 1. The molecule has 3 aromatic rings. The average Bonchev–Trinajstić information content (AvgIpc) is 3.25. The minimum atomic E-state index is -0.667. The molecule has 0 radical (unpaired) electrons. The van der Waals surface area contributed by atoms with Gasteiger partial charge in [-0.05, 0) is 69.2 Å². The second-order valence-electron chi connectivity index (χ2n) is 9.09. The predicted octanol–water partition coefficient (Wildman–Crippen LogP) is 4.40. The molecule has 3 rings (SSSR count). The highest BCUT2D eigenvalue weighted by atomic mass is 16.6. The molecule has 0 unspecified atom stereocenters. The van der Waals surface area contributed by atoms with Crippen molar-refractivity contribution in [1.29, 1.82) is 0 Å². The number of ether oxygens (including phenoxy) is 2. The van der Waals surface area contributed by atoms with Gasteiger partial charge >= 0.3 is 6.09 Å². The molecule has 0 fully saturated rings. The number of nitrogens with zero attached hydrogens (tertiary/aromatic N) is 1. The molecule has 186 valence electrons. The first-order valence-corrected chi connectivity index (χ1v) is 11.4. The third-order valence-electron chi connectivity index (χ3n) is 5.04. The predicted molar refractivity (Wildman–Crippen MR) is 133 cm³/mol. The van der Waals surface area contributed by atoms with E-state index >= 15 is 0 Å². The van der Waals surface area contributed by atoms with Crippen LogP contribution in [0.5, 0.6) is 5.75 Å². The molecule has 9 heteroatoms. The number of carbonyl (C=O) groups is 3. The number of fused-ring (bicyclic) bond motifs is 1. The van der Waals surface area contributed by atoms with E-state index < -0.39 is 17.6 Å². The standard InChI is InChI=1S/C26H32N4O5/c1-6-13-30(25(33)35-26(2,3)4)29-23(31)18-9-7-17(8-10-18)16-27-24(32)22-15-19-14-20(34-5)11-12-21(19)28-22/h7-12,14-15,28H,6,13,16H2,1-5H3,(H,27,32)(H,29,31). The molecule has 0 aliphatic heterocycles. The van der Waals surface area contributed by atoms with Crippen molar-refractivity contribution < 1.29 is 23.9 Å². The van der Waals surface area contributed by atoms with Gasteiger partial charge in [-0.25, -0.2) is 9.80 Å². The van der Waals surface area contributed by atoms with Gasteiger partial charge in [-0.3, -0.25) is 15.0 Å². The Kier molecular flexibility index (Phi) is 8.01. The monoisotopic (exact) mass is 480 g/mol. The number of hydrogen-bond acceptors (Lipinski definition) is 5. The van der Waals surface area contributed by atoms with E-state index in [0.717, 1.165) is 22.2 Å². The third kappa shape index (κ3) is 6.99. The zero-order chi connectivity index (χ0) is 25.6. The van der Waals surface area contributed by atoms with E-state index in [0.29, 0.717) is 30.8 Å². The van der Waals surface area contributed by atoms with Crippen molar-refractivity contribution in [3.05, 3.63) is 65.4 Å². The van der Waals surface area contributed by atoms with Gasteiger partial charge in [0.2, 0.25) is 0 Å². The molecular weight excluding hydrogens is 448 g/mol. The SMILES string of the molecule is CCCN(NC(=O)c1ccc(CNC(=O)c2cc3cc(OC)ccc3[nH]2)cc1)C(=O)OC(C)(C)C. The van der Waals surface area contributed by atoms with Crippen LogP contribution in [0, 0.1) is 0 Å². The molecule has 0 saturated carbocycles. The lowest BCUT2D eigenvalue weighted by molar-refractivity contribution is 0.0133. The van der Waals surface area contributed by atoms with E-state index in [9.17, 15) is 14.4 Å². The summed E-state index contributed by atoms with van der Waals surface area (Å²) in [7, 11) is 1.60. The minimum absolute atomic E-state index is 0.241. The molecule has 0 atom stereocenters. The first-order chi connectivity index (χ1) is 16.6. The zero-order valence-electron chi connectivity index (χ0n) is 20.7. The summed E-state index contributed by atoms with van der Waals surface area (Å²) in [5.74, 6) is 0.0550. The lowest BCUT2D eigenvalue weighted by Gasteiger charge is -2.27. The zero-order valence-corrected chi connectivity index (χ0v) is 20.7. The fraction of sp³-hybridized carbons (Fsp3) is 0.346. The lowest BCUT2D eigenvalue weighted by atomic mass is 10.1. The van der Waals surface area contributed by atoms with Gasteiger partial charge in [0.15, 0.2) is 0 Å². The lowest BCUT2D eigenvalue weighted by Crippen LogP contribution is -2.48. The van der Waals surface area contributed by atoms with Crippen molar-refractivity contribution in [3.63, 3.8) is 0 Å². The molecule has 1 aromatic heterocycles. The fourth-order valence-electron chi connectivity index (χ4n) is 3.33. The van der Waals surface area contributed by atoms with Crippen LogP contribution in [0.15, 0.2) is 48.5 Å². The minimum Gasteiger partial charge on any atom is -0.497 e. The van der Waals surface area contributed by atoms with Gasteiger partial charge in [0.1, 0.15) is 17.0 Å². The number of rotatable bonds is 7. The van der Waals surface area contributed by atoms with E-state index in [4.69, 9.17) is 9.47 Å². The number of carbonyl (C=O) groups excluding carboxylic acids is 3. The number of hydrogen-bond donors (Lipinski definition) is 3. The molecule has 0 aliphatic rings. The maximum absolute atomic E-state index is 12.6. The Balaban J connectivity index is 1.58. The maximum atomic E-state index is 12.6. The van der Waals surface area contributed by atoms with Crippen LogP contribution in [0.3, 0.4) is 0 Å². The summed E-state index contributed by atoms with van der Waals surface area (Å²) in [5, 5.41) is 4.93. The first-order valence-electron chi connectivity index (χ1n) is 11.4. The van der Waals surface area contributed by atoms with Gasteiger partial charge < -0.3 is 19.8 Å². The Morgan fingerprint density at radius 1 is 1.00 bits per heavy atom. The summed E-state index contributed by atoms with van der Waals surface area (Å²) in [4.78, 5) is 40.7. The smallest absolute Gasteiger partial charge is 0.429 e. The number of hydrazine groups is 1. The Morgan fingerprint density at radius 2 is 1.71 bits per heavy atom. The van der Waals surface area contributed by atoms with Gasteiger partial charge in [0.05, 0.1) is 7.11 Å². The molecule has 3 N–H and O–H groups in total. The highest BCUT2D eigenvalue weighted by Crippen LogP contribution is 2.21. The van der Waals surface area contributed by atoms with Crippen LogP contribution in [-0.2, 0) is 11.3 Å². The van der Waals surface area contributed by atoms with Gasteiger partial charge in [0, 0.05) is 29.6 Å². The molecule has 35 heavy (non-hydrogen) atoms. The van der Waals surface area contributed by atoms with Crippen molar-refractivity contribution >= 4 is 28.8 Å². The Labute approximate surface area is 204 Å². The third-order valence-corrected chi connectivity index (χ3v) is 5.04. The van der Waals surface area contributed by atoms with Crippen LogP contribution in [0.2, 0.25) is 0 Å². The summed E-state index contributed by atoms with van der Waals surface area (Å²) >= 11 is 0. The van der Waals surface area contributed by atoms with Crippen molar-refractivity contribution in [2.75, 3.05) is 13.7 Å². The van der Waals surface area contributed by atoms with Gasteiger partial charge in [-0.1, -0.05) is 19.1 Å². The summed E-state index contributed by atoms with van der Waals surface area (Å²) < 4.78 is 10.6. The molecule has 0 bridgehead atoms.